The Morgan fingerprint density at radius 3 is 2.95 bits per heavy atom. The summed E-state index contributed by atoms with van der Waals surface area (Å²) in [7, 11) is 0. The molecule has 4 atom stereocenters. The summed E-state index contributed by atoms with van der Waals surface area (Å²) >= 11 is 1.78. The van der Waals surface area contributed by atoms with Crippen molar-refractivity contribution in [3.8, 4) is 0 Å². The van der Waals surface area contributed by atoms with Gasteiger partial charge in [-0.2, -0.15) is 11.3 Å². The fourth-order valence-corrected chi connectivity index (χ4v) is 4.53. The molecule has 2 fully saturated rings. The van der Waals surface area contributed by atoms with Gasteiger partial charge in [0.05, 0.1) is 6.04 Å². The van der Waals surface area contributed by atoms with Gasteiger partial charge in [-0.05, 0) is 55.6 Å². The van der Waals surface area contributed by atoms with Crippen molar-refractivity contribution in [2.75, 3.05) is 19.6 Å². The maximum Gasteiger partial charge on any atom is 0.0508 e. The number of piperazine rings is 1. The summed E-state index contributed by atoms with van der Waals surface area (Å²) in [6, 6.07) is 4.17. The van der Waals surface area contributed by atoms with Gasteiger partial charge in [0.25, 0.3) is 0 Å². The number of rotatable bonds is 3. The van der Waals surface area contributed by atoms with E-state index >= 15 is 0 Å². The highest BCUT2D eigenvalue weighted by Gasteiger charge is 2.38. The van der Waals surface area contributed by atoms with Crippen LogP contribution >= 0.6 is 11.3 Å². The third-order valence-corrected chi connectivity index (χ3v) is 5.43. The summed E-state index contributed by atoms with van der Waals surface area (Å²) in [5.41, 5.74) is 7.71. The summed E-state index contributed by atoms with van der Waals surface area (Å²) in [4.78, 5) is 5.33. The van der Waals surface area contributed by atoms with E-state index in [9.17, 15) is 0 Å². The van der Waals surface area contributed by atoms with Crippen LogP contribution < -0.4 is 5.73 Å². The van der Waals surface area contributed by atoms with Gasteiger partial charge in [-0.15, -0.1) is 0 Å². The van der Waals surface area contributed by atoms with E-state index in [0.29, 0.717) is 12.1 Å². The molecule has 3 nitrogen and oxygen atoms in total. The normalized spacial score (nSPS) is 32.2. The number of fused-ring (bicyclic) bond motifs is 1. The molecule has 2 saturated heterocycles. The Kier molecular flexibility index (Phi) is 3.94. The van der Waals surface area contributed by atoms with Gasteiger partial charge in [0.15, 0.2) is 0 Å². The van der Waals surface area contributed by atoms with E-state index in [2.05, 4.69) is 40.5 Å². The van der Waals surface area contributed by atoms with E-state index in [4.69, 9.17) is 5.73 Å². The van der Waals surface area contributed by atoms with Gasteiger partial charge >= 0.3 is 0 Å². The van der Waals surface area contributed by atoms with Gasteiger partial charge in [0, 0.05) is 31.2 Å². The van der Waals surface area contributed by atoms with Crippen LogP contribution in [0.5, 0.6) is 0 Å². The van der Waals surface area contributed by atoms with E-state index < -0.39 is 0 Å². The molecule has 106 valence electrons. The summed E-state index contributed by atoms with van der Waals surface area (Å²) < 4.78 is 0. The lowest BCUT2D eigenvalue weighted by Crippen LogP contribution is -2.57. The standard InChI is InChI=1S/C15H25N3S/c1-11-8-17-6-3-4-14(17)9-18(11)15(12(2)16)13-5-7-19-10-13/h5,7,10-12,14-15H,3-4,6,8-9,16H2,1-2H3. The van der Waals surface area contributed by atoms with Crippen LogP contribution in [0.1, 0.15) is 38.3 Å². The van der Waals surface area contributed by atoms with Crippen LogP contribution in [0.3, 0.4) is 0 Å². The Balaban J connectivity index is 1.82. The number of hydrogen-bond acceptors (Lipinski definition) is 4. The lowest BCUT2D eigenvalue weighted by atomic mass is 9.97. The summed E-state index contributed by atoms with van der Waals surface area (Å²) in [5, 5.41) is 4.43. The molecule has 19 heavy (non-hydrogen) atoms. The number of nitrogens with two attached hydrogens (primary N) is 1. The first-order chi connectivity index (χ1) is 9.16. The highest BCUT2D eigenvalue weighted by Crippen LogP contribution is 2.33. The Morgan fingerprint density at radius 1 is 1.42 bits per heavy atom. The van der Waals surface area contributed by atoms with Crippen LogP contribution in [-0.2, 0) is 0 Å². The first kappa shape index (κ1) is 13.6. The molecule has 2 aliphatic heterocycles. The fraction of sp³-hybridized carbons (Fsp3) is 0.733. The average Bonchev–Trinajstić information content (AvgIpc) is 3.00. The number of thiophene rings is 1. The molecule has 2 N–H and O–H groups in total. The van der Waals surface area contributed by atoms with Crippen molar-refractivity contribution in [1.82, 2.24) is 9.80 Å². The molecule has 1 aromatic rings. The molecule has 0 aliphatic carbocycles. The molecule has 0 aromatic carbocycles. The lowest BCUT2D eigenvalue weighted by Gasteiger charge is -2.47. The smallest absolute Gasteiger partial charge is 0.0508 e. The van der Waals surface area contributed by atoms with E-state index in [-0.39, 0.29) is 6.04 Å². The molecule has 3 rings (SSSR count). The second-order valence-electron chi connectivity index (χ2n) is 6.20. The van der Waals surface area contributed by atoms with Crippen molar-refractivity contribution in [1.29, 1.82) is 0 Å². The Bertz CT molecular complexity index is 404. The number of nitrogens with zero attached hydrogens (tertiary/aromatic N) is 2. The molecule has 4 heteroatoms. The maximum atomic E-state index is 6.31. The third-order valence-electron chi connectivity index (χ3n) is 4.73. The van der Waals surface area contributed by atoms with Gasteiger partial charge in [-0.25, -0.2) is 0 Å². The monoisotopic (exact) mass is 279 g/mol. The van der Waals surface area contributed by atoms with Crippen molar-refractivity contribution in [3.63, 3.8) is 0 Å². The molecule has 0 amide bonds. The largest absolute Gasteiger partial charge is 0.326 e. The molecule has 0 radical (unpaired) electrons. The molecule has 4 unspecified atom stereocenters. The van der Waals surface area contributed by atoms with Crippen molar-refractivity contribution < 1.29 is 0 Å². The zero-order chi connectivity index (χ0) is 13.4. The quantitative estimate of drug-likeness (QED) is 0.921. The highest BCUT2D eigenvalue weighted by molar-refractivity contribution is 7.07. The van der Waals surface area contributed by atoms with Crippen LogP contribution in [0.25, 0.3) is 0 Å². The van der Waals surface area contributed by atoms with Crippen molar-refractivity contribution >= 4 is 11.3 Å². The maximum absolute atomic E-state index is 6.31. The van der Waals surface area contributed by atoms with Gasteiger partial charge < -0.3 is 5.73 Å². The lowest BCUT2D eigenvalue weighted by molar-refractivity contribution is 0.0207. The fourth-order valence-electron chi connectivity index (χ4n) is 3.84. The van der Waals surface area contributed by atoms with Crippen molar-refractivity contribution in [2.45, 2.75) is 50.9 Å². The SMILES string of the molecule is CC(N)C(c1ccsc1)N1CC2CCCN2CC1C. The molecular formula is C15H25N3S. The minimum atomic E-state index is 0.185. The topological polar surface area (TPSA) is 32.5 Å². The van der Waals surface area contributed by atoms with Crippen LogP contribution in [-0.4, -0.2) is 47.6 Å². The van der Waals surface area contributed by atoms with Crippen LogP contribution in [0, 0.1) is 0 Å². The predicted octanol–water partition coefficient (Wildman–Crippen LogP) is 2.30. The molecule has 3 heterocycles. The molecule has 0 bridgehead atoms. The highest BCUT2D eigenvalue weighted by atomic mass is 32.1. The first-order valence-corrected chi connectivity index (χ1v) is 8.38. The Labute approximate surface area is 120 Å². The van der Waals surface area contributed by atoms with Gasteiger partial charge in [-0.3, -0.25) is 9.80 Å². The molecular weight excluding hydrogens is 254 g/mol. The Hall–Kier alpha value is -0.420. The second kappa shape index (κ2) is 5.52. The van der Waals surface area contributed by atoms with Crippen molar-refractivity contribution in [3.05, 3.63) is 22.4 Å². The van der Waals surface area contributed by atoms with Crippen LogP contribution in [0.15, 0.2) is 16.8 Å². The minimum absolute atomic E-state index is 0.185. The van der Waals surface area contributed by atoms with E-state index in [0.717, 1.165) is 6.04 Å². The van der Waals surface area contributed by atoms with Crippen molar-refractivity contribution in [2.24, 2.45) is 5.73 Å². The number of hydrogen-bond donors (Lipinski definition) is 1. The predicted molar refractivity (Wildman–Crippen MR) is 81.5 cm³/mol. The average molecular weight is 279 g/mol. The van der Waals surface area contributed by atoms with Gasteiger partial charge in [0.2, 0.25) is 0 Å². The molecule has 0 saturated carbocycles. The van der Waals surface area contributed by atoms with Crippen LogP contribution in [0.2, 0.25) is 0 Å². The van der Waals surface area contributed by atoms with Crippen LogP contribution in [0.4, 0.5) is 0 Å². The third kappa shape index (κ3) is 2.59. The second-order valence-corrected chi connectivity index (χ2v) is 6.98. The van der Waals surface area contributed by atoms with E-state index in [1.54, 1.807) is 11.3 Å². The Morgan fingerprint density at radius 2 is 2.26 bits per heavy atom. The summed E-state index contributed by atoms with van der Waals surface area (Å²) in [6.07, 6.45) is 2.73. The van der Waals surface area contributed by atoms with Gasteiger partial charge in [0.1, 0.15) is 0 Å². The zero-order valence-corrected chi connectivity index (χ0v) is 12.8. The first-order valence-electron chi connectivity index (χ1n) is 7.44. The van der Waals surface area contributed by atoms with E-state index in [1.165, 1.54) is 38.0 Å². The van der Waals surface area contributed by atoms with E-state index in [1.807, 2.05) is 0 Å². The van der Waals surface area contributed by atoms with Gasteiger partial charge in [-0.1, -0.05) is 0 Å². The molecule has 0 spiro atoms. The minimum Gasteiger partial charge on any atom is -0.326 e. The molecule has 1 aromatic heterocycles. The zero-order valence-electron chi connectivity index (χ0n) is 12.0. The summed E-state index contributed by atoms with van der Waals surface area (Å²) in [5.74, 6) is 0. The molecule has 2 aliphatic rings. The summed E-state index contributed by atoms with van der Waals surface area (Å²) in [6.45, 7) is 8.19.